The van der Waals surface area contributed by atoms with Gasteiger partial charge in [-0.1, -0.05) is 30.3 Å². The second kappa shape index (κ2) is 6.51. The van der Waals surface area contributed by atoms with E-state index in [2.05, 4.69) is 0 Å². The van der Waals surface area contributed by atoms with E-state index in [1.165, 1.54) is 12.5 Å². The number of hydrogen-bond donors (Lipinski definition) is 0. The van der Waals surface area contributed by atoms with Crippen LogP contribution < -0.4 is 4.74 Å². The highest BCUT2D eigenvalue weighted by Crippen LogP contribution is 2.45. The molecule has 0 bridgehead atoms. The van der Waals surface area contributed by atoms with E-state index in [9.17, 15) is 9.59 Å². The summed E-state index contributed by atoms with van der Waals surface area (Å²) in [6.07, 6.45) is 3.47. The first-order chi connectivity index (χ1) is 14.1. The summed E-state index contributed by atoms with van der Waals surface area (Å²) in [5, 5.41) is 0. The van der Waals surface area contributed by atoms with E-state index >= 15 is 0 Å². The molecule has 29 heavy (non-hydrogen) atoms. The molecule has 6 nitrogen and oxygen atoms in total. The molecule has 1 fully saturated rings. The summed E-state index contributed by atoms with van der Waals surface area (Å²) in [5.41, 5.74) is 2.12. The minimum Gasteiger partial charge on any atom is -0.497 e. The first-order valence-corrected chi connectivity index (χ1v) is 9.54. The lowest BCUT2D eigenvalue weighted by molar-refractivity contribution is 0.00769. The molecule has 3 aromatic rings. The third-order valence-corrected chi connectivity index (χ3v) is 5.94. The predicted molar refractivity (Wildman–Crippen MR) is 106 cm³/mol. The van der Waals surface area contributed by atoms with Crippen molar-refractivity contribution in [2.45, 2.75) is 12.1 Å². The van der Waals surface area contributed by atoms with Crippen molar-refractivity contribution in [1.82, 2.24) is 9.80 Å². The SMILES string of the molecule is COc1ccc(C23Cc4ccccc4C(=O)N2CCN3C(=O)c2ccoc2)cc1. The van der Waals surface area contributed by atoms with Crippen LogP contribution in [0.25, 0.3) is 0 Å². The van der Waals surface area contributed by atoms with Gasteiger partial charge in [-0.25, -0.2) is 0 Å². The number of rotatable bonds is 3. The highest BCUT2D eigenvalue weighted by Gasteiger charge is 2.55. The Balaban J connectivity index is 1.69. The Kier molecular flexibility index (Phi) is 3.94. The topological polar surface area (TPSA) is 63.0 Å². The largest absolute Gasteiger partial charge is 0.497 e. The van der Waals surface area contributed by atoms with Gasteiger partial charge < -0.3 is 19.0 Å². The average molecular weight is 388 g/mol. The summed E-state index contributed by atoms with van der Waals surface area (Å²) >= 11 is 0. The normalized spacial score (nSPS) is 20.4. The highest BCUT2D eigenvalue weighted by atomic mass is 16.5. The van der Waals surface area contributed by atoms with Crippen molar-refractivity contribution < 1.29 is 18.7 Å². The van der Waals surface area contributed by atoms with E-state index in [-0.39, 0.29) is 11.8 Å². The summed E-state index contributed by atoms with van der Waals surface area (Å²) in [6.45, 7) is 0.929. The van der Waals surface area contributed by atoms with Crippen LogP contribution in [-0.2, 0) is 12.1 Å². The number of hydrogen-bond acceptors (Lipinski definition) is 4. The zero-order valence-corrected chi connectivity index (χ0v) is 16.0. The van der Waals surface area contributed by atoms with Crippen molar-refractivity contribution in [3.05, 3.63) is 89.4 Å². The van der Waals surface area contributed by atoms with Crippen LogP contribution >= 0.6 is 0 Å². The van der Waals surface area contributed by atoms with Crippen LogP contribution in [0.1, 0.15) is 31.8 Å². The highest BCUT2D eigenvalue weighted by molar-refractivity contribution is 6.00. The molecule has 1 saturated heterocycles. The van der Waals surface area contributed by atoms with Gasteiger partial charge in [0, 0.05) is 25.1 Å². The maximum Gasteiger partial charge on any atom is 0.259 e. The quantitative estimate of drug-likeness (QED) is 0.691. The van der Waals surface area contributed by atoms with Gasteiger partial charge in [0.2, 0.25) is 0 Å². The van der Waals surface area contributed by atoms with Crippen LogP contribution in [0, 0.1) is 0 Å². The molecule has 1 unspecified atom stereocenters. The third kappa shape index (κ3) is 2.49. The molecule has 1 atom stereocenters. The first kappa shape index (κ1) is 17.6. The minimum atomic E-state index is -0.883. The maximum absolute atomic E-state index is 13.4. The molecule has 2 aromatic carbocycles. The van der Waals surface area contributed by atoms with Crippen LogP contribution in [0.4, 0.5) is 0 Å². The summed E-state index contributed by atoms with van der Waals surface area (Å²) in [4.78, 5) is 30.4. The predicted octanol–water partition coefficient (Wildman–Crippen LogP) is 3.30. The van der Waals surface area contributed by atoms with Crippen molar-refractivity contribution in [1.29, 1.82) is 0 Å². The Morgan fingerprint density at radius 3 is 2.59 bits per heavy atom. The number of benzene rings is 2. The van der Waals surface area contributed by atoms with E-state index in [0.717, 1.165) is 16.9 Å². The standard InChI is InChI=1S/C23H20N2O4/c1-28-19-8-6-18(7-9-19)23-14-16-4-2-3-5-20(16)22(27)25(23)12-11-24(23)21(26)17-10-13-29-15-17/h2-10,13,15H,11-12,14H2,1H3. The summed E-state index contributed by atoms with van der Waals surface area (Å²) in [7, 11) is 1.62. The molecule has 0 spiro atoms. The van der Waals surface area contributed by atoms with Crippen LogP contribution in [-0.4, -0.2) is 41.8 Å². The Bertz CT molecular complexity index is 1070. The molecule has 5 rings (SSSR count). The second-order valence-corrected chi connectivity index (χ2v) is 7.30. The lowest BCUT2D eigenvalue weighted by Gasteiger charge is -2.47. The molecule has 6 heteroatoms. The number of methoxy groups -OCH3 is 1. The van der Waals surface area contributed by atoms with Crippen molar-refractivity contribution in [2.24, 2.45) is 0 Å². The van der Waals surface area contributed by atoms with E-state index in [1.54, 1.807) is 18.1 Å². The van der Waals surface area contributed by atoms with Crippen molar-refractivity contribution >= 4 is 11.8 Å². The number of fused-ring (bicyclic) bond motifs is 2. The molecule has 1 aromatic heterocycles. The summed E-state index contributed by atoms with van der Waals surface area (Å²) in [6, 6.07) is 16.9. The summed E-state index contributed by atoms with van der Waals surface area (Å²) < 4.78 is 10.4. The molecule has 0 saturated carbocycles. The van der Waals surface area contributed by atoms with Crippen molar-refractivity contribution in [3.8, 4) is 5.75 Å². The zero-order chi connectivity index (χ0) is 20.0. The monoisotopic (exact) mass is 388 g/mol. The fourth-order valence-corrected chi connectivity index (χ4v) is 4.55. The molecule has 2 aliphatic heterocycles. The second-order valence-electron chi connectivity index (χ2n) is 7.30. The van der Waals surface area contributed by atoms with Gasteiger partial charge in [-0.3, -0.25) is 9.59 Å². The average Bonchev–Trinajstić information content (AvgIpc) is 3.43. The lowest BCUT2D eigenvalue weighted by Crippen LogP contribution is -2.58. The number of carbonyl (C=O) groups excluding carboxylic acids is 2. The number of ether oxygens (including phenoxy) is 1. The molecule has 2 amide bonds. The Hall–Kier alpha value is -3.54. The van der Waals surface area contributed by atoms with Gasteiger partial charge in [0.05, 0.1) is 18.9 Å². The van der Waals surface area contributed by atoms with Crippen molar-refractivity contribution in [2.75, 3.05) is 20.2 Å². The fraction of sp³-hybridized carbons (Fsp3) is 0.217. The van der Waals surface area contributed by atoms with E-state index in [0.29, 0.717) is 30.6 Å². The number of nitrogens with zero attached hydrogens (tertiary/aromatic N) is 2. The smallest absolute Gasteiger partial charge is 0.259 e. The Morgan fingerprint density at radius 1 is 1.07 bits per heavy atom. The molecular formula is C23H20N2O4. The van der Waals surface area contributed by atoms with Crippen LogP contribution in [0.2, 0.25) is 0 Å². The number of furan rings is 1. The van der Waals surface area contributed by atoms with Gasteiger partial charge in [0.1, 0.15) is 17.7 Å². The number of carbonyl (C=O) groups is 2. The Morgan fingerprint density at radius 2 is 1.86 bits per heavy atom. The summed E-state index contributed by atoms with van der Waals surface area (Å²) in [5.74, 6) is 0.527. The zero-order valence-electron chi connectivity index (χ0n) is 16.0. The molecule has 146 valence electrons. The van der Waals surface area contributed by atoms with Crippen LogP contribution in [0.15, 0.2) is 71.5 Å². The van der Waals surface area contributed by atoms with Gasteiger partial charge in [-0.2, -0.15) is 0 Å². The molecule has 2 aliphatic rings. The van der Waals surface area contributed by atoms with Crippen molar-refractivity contribution in [3.63, 3.8) is 0 Å². The number of amides is 2. The Labute approximate surface area is 168 Å². The molecule has 0 N–H and O–H groups in total. The van der Waals surface area contributed by atoms with Gasteiger partial charge in [-0.05, 0) is 35.4 Å². The van der Waals surface area contributed by atoms with Crippen LogP contribution in [0.3, 0.4) is 0 Å². The van der Waals surface area contributed by atoms with Crippen LogP contribution in [0.5, 0.6) is 5.75 Å². The fourth-order valence-electron chi connectivity index (χ4n) is 4.55. The lowest BCUT2D eigenvalue weighted by atomic mass is 9.83. The van der Waals surface area contributed by atoms with E-state index < -0.39 is 5.66 Å². The first-order valence-electron chi connectivity index (χ1n) is 9.54. The van der Waals surface area contributed by atoms with Gasteiger partial charge in [-0.15, -0.1) is 0 Å². The molecule has 0 radical (unpaired) electrons. The van der Waals surface area contributed by atoms with E-state index in [1.807, 2.05) is 53.4 Å². The molecule has 0 aliphatic carbocycles. The molecular weight excluding hydrogens is 368 g/mol. The van der Waals surface area contributed by atoms with E-state index in [4.69, 9.17) is 9.15 Å². The molecule has 3 heterocycles. The van der Waals surface area contributed by atoms with Gasteiger partial charge in [0.15, 0.2) is 0 Å². The minimum absolute atomic E-state index is 0.0508. The maximum atomic E-state index is 13.4. The third-order valence-electron chi connectivity index (χ3n) is 5.94. The van der Waals surface area contributed by atoms with Gasteiger partial charge in [0.25, 0.3) is 11.8 Å². The van der Waals surface area contributed by atoms with Gasteiger partial charge >= 0.3 is 0 Å².